The van der Waals surface area contributed by atoms with Gasteiger partial charge in [-0.3, -0.25) is 5.32 Å². The molecule has 21 heavy (non-hydrogen) atoms. The van der Waals surface area contributed by atoms with Gasteiger partial charge in [0.2, 0.25) is 0 Å². The number of aryl methyl sites for hydroxylation is 2. The van der Waals surface area contributed by atoms with Crippen molar-refractivity contribution < 1.29 is 9.90 Å². The summed E-state index contributed by atoms with van der Waals surface area (Å²) < 4.78 is 0. The first-order chi connectivity index (χ1) is 10.0. The number of carbonyl (C=O) groups is 1. The van der Waals surface area contributed by atoms with E-state index in [2.05, 4.69) is 42.3 Å². The molecule has 2 aromatic carbocycles. The van der Waals surface area contributed by atoms with Crippen LogP contribution in [0.3, 0.4) is 0 Å². The number of hydrogen-bond donors (Lipinski definition) is 3. The second-order valence-corrected chi connectivity index (χ2v) is 5.29. The van der Waals surface area contributed by atoms with Gasteiger partial charge in [-0.25, -0.2) is 4.79 Å². The van der Waals surface area contributed by atoms with Crippen LogP contribution < -0.4 is 5.32 Å². The van der Waals surface area contributed by atoms with Gasteiger partial charge in [-0.05, 0) is 55.8 Å². The van der Waals surface area contributed by atoms with E-state index in [-0.39, 0.29) is 0 Å². The van der Waals surface area contributed by atoms with Crippen molar-refractivity contribution in [2.45, 2.75) is 13.8 Å². The van der Waals surface area contributed by atoms with Crippen molar-refractivity contribution in [3.63, 3.8) is 0 Å². The molecule has 3 rings (SSSR count). The molecule has 0 bridgehead atoms. The lowest BCUT2D eigenvalue weighted by Crippen LogP contribution is -2.06. The van der Waals surface area contributed by atoms with Gasteiger partial charge in [-0.1, -0.05) is 17.2 Å². The minimum Gasteiger partial charge on any atom is -0.465 e. The average molecular weight is 280 g/mol. The SMILES string of the molecule is Cc1cc(C)cc(-c2cc3cc(NC(=O)O)ccc3[nH]2)c1. The predicted octanol–water partition coefficient (Wildman–Crippen LogP) is 4.54. The number of hydrogen-bond acceptors (Lipinski definition) is 1. The fourth-order valence-electron chi connectivity index (χ4n) is 2.62. The lowest BCUT2D eigenvalue weighted by molar-refractivity contribution is 0.210. The Morgan fingerprint density at radius 1 is 1.05 bits per heavy atom. The monoisotopic (exact) mass is 280 g/mol. The van der Waals surface area contributed by atoms with Crippen molar-refractivity contribution in [1.29, 1.82) is 0 Å². The highest BCUT2D eigenvalue weighted by Crippen LogP contribution is 2.27. The van der Waals surface area contributed by atoms with Crippen molar-refractivity contribution in [2.75, 3.05) is 5.32 Å². The topological polar surface area (TPSA) is 65.1 Å². The quantitative estimate of drug-likeness (QED) is 0.645. The molecule has 0 saturated carbocycles. The summed E-state index contributed by atoms with van der Waals surface area (Å²) in [6.07, 6.45) is -1.06. The molecule has 106 valence electrons. The largest absolute Gasteiger partial charge is 0.465 e. The Morgan fingerprint density at radius 3 is 2.43 bits per heavy atom. The smallest absolute Gasteiger partial charge is 0.409 e. The number of anilines is 1. The molecule has 4 nitrogen and oxygen atoms in total. The third kappa shape index (κ3) is 2.74. The third-order valence-corrected chi connectivity index (χ3v) is 3.40. The Labute approximate surface area is 122 Å². The standard InChI is InChI=1S/C17H16N2O2/c1-10-5-11(2)7-12(6-10)16-9-13-8-14(18-17(20)21)3-4-15(13)19-16/h3-9,18-19H,1-2H3,(H,20,21). The fourth-order valence-corrected chi connectivity index (χ4v) is 2.62. The molecule has 0 aliphatic heterocycles. The Bertz CT molecular complexity index is 814. The molecular weight excluding hydrogens is 264 g/mol. The van der Waals surface area contributed by atoms with E-state index in [1.54, 1.807) is 6.07 Å². The predicted molar refractivity (Wildman–Crippen MR) is 84.9 cm³/mol. The Morgan fingerprint density at radius 2 is 1.76 bits per heavy atom. The summed E-state index contributed by atoms with van der Waals surface area (Å²) >= 11 is 0. The first kappa shape index (κ1) is 13.2. The van der Waals surface area contributed by atoms with E-state index in [1.165, 1.54) is 11.1 Å². The number of aromatic nitrogens is 1. The molecule has 0 unspecified atom stereocenters. The van der Waals surface area contributed by atoms with Crippen LogP contribution in [0, 0.1) is 13.8 Å². The maximum atomic E-state index is 10.7. The molecule has 0 saturated heterocycles. The molecule has 1 heterocycles. The number of fused-ring (bicyclic) bond motifs is 1. The van der Waals surface area contributed by atoms with Crippen molar-refractivity contribution in [3.8, 4) is 11.3 Å². The number of nitrogens with one attached hydrogen (secondary N) is 2. The minimum absolute atomic E-state index is 0.570. The van der Waals surface area contributed by atoms with E-state index in [1.807, 2.05) is 18.2 Å². The van der Waals surface area contributed by atoms with E-state index >= 15 is 0 Å². The van der Waals surface area contributed by atoms with Gasteiger partial charge in [-0.15, -0.1) is 0 Å². The molecule has 3 N–H and O–H groups in total. The second kappa shape index (κ2) is 4.98. The molecule has 1 amide bonds. The maximum Gasteiger partial charge on any atom is 0.409 e. The van der Waals surface area contributed by atoms with Crippen LogP contribution in [0.5, 0.6) is 0 Å². The summed E-state index contributed by atoms with van der Waals surface area (Å²) in [5, 5.41) is 12.1. The van der Waals surface area contributed by atoms with Crippen LogP contribution in [-0.2, 0) is 0 Å². The van der Waals surface area contributed by atoms with Crippen LogP contribution in [0.2, 0.25) is 0 Å². The maximum absolute atomic E-state index is 10.7. The van der Waals surface area contributed by atoms with E-state index in [9.17, 15) is 4.79 Å². The highest BCUT2D eigenvalue weighted by molar-refractivity contribution is 5.92. The number of amides is 1. The lowest BCUT2D eigenvalue weighted by Gasteiger charge is -2.02. The van der Waals surface area contributed by atoms with Gasteiger partial charge in [0.25, 0.3) is 0 Å². The van der Waals surface area contributed by atoms with Gasteiger partial charge < -0.3 is 10.1 Å². The highest BCUT2D eigenvalue weighted by atomic mass is 16.4. The van der Waals surface area contributed by atoms with Gasteiger partial charge >= 0.3 is 6.09 Å². The van der Waals surface area contributed by atoms with Crippen LogP contribution in [0.1, 0.15) is 11.1 Å². The minimum atomic E-state index is -1.06. The zero-order valence-corrected chi connectivity index (χ0v) is 11.9. The number of aromatic amines is 1. The summed E-state index contributed by atoms with van der Waals surface area (Å²) in [6.45, 7) is 4.15. The number of benzene rings is 2. The molecular formula is C17H16N2O2. The molecule has 4 heteroatoms. The van der Waals surface area contributed by atoms with Gasteiger partial charge in [0.05, 0.1) is 0 Å². The Balaban J connectivity index is 2.06. The van der Waals surface area contributed by atoms with Gasteiger partial charge in [0.15, 0.2) is 0 Å². The van der Waals surface area contributed by atoms with Crippen molar-refractivity contribution in [2.24, 2.45) is 0 Å². The number of H-pyrrole nitrogens is 1. The first-order valence-electron chi connectivity index (χ1n) is 6.73. The highest BCUT2D eigenvalue weighted by Gasteiger charge is 2.06. The molecule has 0 aliphatic carbocycles. The zero-order valence-electron chi connectivity index (χ0n) is 11.9. The molecule has 1 aromatic heterocycles. The fraction of sp³-hybridized carbons (Fsp3) is 0.118. The number of carboxylic acid groups (broad SMARTS) is 1. The number of rotatable bonds is 2. The zero-order chi connectivity index (χ0) is 15.0. The van der Waals surface area contributed by atoms with Crippen molar-refractivity contribution in [1.82, 2.24) is 4.98 Å². The van der Waals surface area contributed by atoms with Crippen LogP contribution >= 0.6 is 0 Å². The van der Waals surface area contributed by atoms with E-state index in [4.69, 9.17) is 5.11 Å². The Hall–Kier alpha value is -2.75. The molecule has 0 aliphatic rings. The summed E-state index contributed by atoms with van der Waals surface area (Å²) in [5.41, 5.74) is 6.16. The van der Waals surface area contributed by atoms with Crippen LogP contribution in [0.25, 0.3) is 22.2 Å². The molecule has 0 atom stereocenters. The summed E-state index contributed by atoms with van der Waals surface area (Å²) in [6, 6.07) is 13.9. The van der Waals surface area contributed by atoms with Gasteiger partial charge in [0.1, 0.15) is 0 Å². The van der Waals surface area contributed by atoms with Crippen LogP contribution in [0.15, 0.2) is 42.5 Å². The van der Waals surface area contributed by atoms with Crippen molar-refractivity contribution in [3.05, 3.63) is 53.6 Å². The molecule has 3 aromatic rings. The van der Waals surface area contributed by atoms with E-state index in [0.717, 1.165) is 22.2 Å². The summed E-state index contributed by atoms with van der Waals surface area (Å²) in [7, 11) is 0. The van der Waals surface area contributed by atoms with E-state index in [0.29, 0.717) is 5.69 Å². The third-order valence-electron chi connectivity index (χ3n) is 3.40. The van der Waals surface area contributed by atoms with E-state index < -0.39 is 6.09 Å². The van der Waals surface area contributed by atoms with Gasteiger partial charge in [-0.2, -0.15) is 0 Å². The van der Waals surface area contributed by atoms with Crippen LogP contribution in [0.4, 0.5) is 10.5 Å². The van der Waals surface area contributed by atoms with Crippen LogP contribution in [-0.4, -0.2) is 16.2 Å². The molecule has 0 fully saturated rings. The molecule has 0 spiro atoms. The second-order valence-electron chi connectivity index (χ2n) is 5.29. The summed E-state index contributed by atoms with van der Waals surface area (Å²) in [4.78, 5) is 14.1. The Kier molecular flexibility index (Phi) is 3.14. The van der Waals surface area contributed by atoms with Gasteiger partial charge in [0, 0.05) is 22.3 Å². The van der Waals surface area contributed by atoms with Crippen molar-refractivity contribution >= 4 is 22.7 Å². The molecule has 0 radical (unpaired) electrons. The first-order valence-corrected chi connectivity index (χ1v) is 6.73. The average Bonchev–Trinajstić information content (AvgIpc) is 2.80. The summed E-state index contributed by atoms with van der Waals surface area (Å²) in [5.74, 6) is 0. The lowest BCUT2D eigenvalue weighted by atomic mass is 10.1. The normalized spacial score (nSPS) is 10.8.